The molecule has 0 fully saturated rings. The highest BCUT2D eigenvalue weighted by Crippen LogP contribution is 2.12. The molecule has 0 amide bonds. The summed E-state index contributed by atoms with van der Waals surface area (Å²) in [4.78, 5) is 0. The number of aromatic nitrogens is 2. The molecule has 1 aromatic heterocycles. The minimum atomic E-state index is 0.769. The molecule has 0 atom stereocenters. The van der Waals surface area contributed by atoms with Gasteiger partial charge in [0.05, 0.1) is 19.3 Å². The summed E-state index contributed by atoms with van der Waals surface area (Å²) >= 11 is 3.45. The zero-order chi connectivity index (χ0) is 14.9. The van der Waals surface area contributed by atoms with Crippen LogP contribution in [0.1, 0.15) is 17.5 Å². The van der Waals surface area contributed by atoms with Gasteiger partial charge in [0.1, 0.15) is 0 Å². The van der Waals surface area contributed by atoms with Gasteiger partial charge in [-0.2, -0.15) is 5.10 Å². The lowest BCUT2D eigenvalue weighted by Gasteiger charge is -2.03. The van der Waals surface area contributed by atoms with Crippen LogP contribution in [0.2, 0.25) is 0 Å². The van der Waals surface area contributed by atoms with E-state index in [9.17, 15) is 0 Å². The molecule has 0 aliphatic heterocycles. The van der Waals surface area contributed by atoms with Crippen molar-refractivity contribution in [3.63, 3.8) is 0 Å². The Morgan fingerprint density at radius 1 is 1.19 bits per heavy atom. The van der Waals surface area contributed by atoms with Gasteiger partial charge < -0.3 is 10.1 Å². The predicted octanol–water partition coefficient (Wildman–Crippen LogP) is 2.86. The van der Waals surface area contributed by atoms with Gasteiger partial charge in [-0.1, -0.05) is 28.1 Å². The second-order valence-corrected chi connectivity index (χ2v) is 5.93. The maximum atomic E-state index is 5.00. The average Bonchev–Trinajstić information content (AvgIpc) is 2.93. The summed E-state index contributed by atoms with van der Waals surface area (Å²) in [5.74, 6) is 0. The Morgan fingerprint density at radius 3 is 2.76 bits per heavy atom. The quantitative estimate of drug-likeness (QED) is 0.706. The fraction of sp³-hybridized carbons (Fsp3) is 0.438. The van der Waals surface area contributed by atoms with E-state index in [-0.39, 0.29) is 0 Å². The molecule has 1 heterocycles. The van der Waals surface area contributed by atoms with Gasteiger partial charge in [-0.15, -0.1) is 0 Å². The minimum absolute atomic E-state index is 0.769. The summed E-state index contributed by atoms with van der Waals surface area (Å²) in [6, 6.07) is 8.35. The third-order valence-corrected chi connectivity index (χ3v) is 3.78. The van der Waals surface area contributed by atoms with Crippen molar-refractivity contribution in [3.8, 4) is 0 Å². The molecule has 4 nitrogen and oxygen atoms in total. The van der Waals surface area contributed by atoms with Crippen LogP contribution in [0.5, 0.6) is 0 Å². The Kier molecular flexibility index (Phi) is 6.92. The van der Waals surface area contributed by atoms with Crippen LogP contribution >= 0.6 is 15.9 Å². The molecule has 0 saturated heterocycles. The molecule has 1 N–H and O–H groups in total. The van der Waals surface area contributed by atoms with Crippen LogP contribution < -0.4 is 5.32 Å². The van der Waals surface area contributed by atoms with E-state index in [4.69, 9.17) is 4.74 Å². The van der Waals surface area contributed by atoms with Crippen molar-refractivity contribution in [1.29, 1.82) is 0 Å². The number of ether oxygens (including phenoxy) is 1. The van der Waals surface area contributed by atoms with E-state index in [2.05, 4.69) is 56.8 Å². The summed E-state index contributed by atoms with van der Waals surface area (Å²) in [6.45, 7) is 3.52. The summed E-state index contributed by atoms with van der Waals surface area (Å²) < 4.78 is 8.10. The highest BCUT2D eigenvalue weighted by atomic mass is 79.9. The third kappa shape index (κ3) is 5.99. The van der Waals surface area contributed by atoms with Crippen LogP contribution in [-0.4, -0.2) is 36.6 Å². The molecule has 0 radical (unpaired) electrons. The normalized spacial score (nSPS) is 11.0. The summed E-state index contributed by atoms with van der Waals surface area (Å²) in [5, 5.41) is 7.78. The molecule has 2 rings (SSSR count). The number of halogens is 1. The van der Waals surface area contributed by atoms with Gasteiger partial charge in [0, 0.05) is 24.3 Å². The lowest BCUT2D eigenvalue weighted by Crippen LogP contribution is -2.20. The fourth-order valence-electron chi connectivity index (χ4n) is 2.12. The van der Waals surface area contributed by atoms with Gasteiger partial charge in [0.15, 0.2) is 0 Å². The van der Waals surface area contributed by atoms with E-state index in [0.29, 0.717) is 0 Å². The summed E-state index contributed by atoms with van der Waals surface area (Å²) in [6.07, 6.45) is 6.28. The second kappa shape index (κ2) is 8.97. The van der Waals surface area contributed by atoms with Gasteiger partial charge in [0.2, 0.25) is 0 Å². The first-order valence-corrected chi connectivity index (χ1v) is 8.02. The fourth-order valence-corrected chi connectivity index (χ4v) is 2.38. The monoisotopic (exact) mass is 351 g/mol. The highest BCUT2D eigenvalue weighted by Gasteiger charge is 2.00. The standard InChI is InChI=1S/C16H22BrN3O/c1-21-10-9-18-8-2-3-15-11-19-20(13-15)12-14-4-6-16(17)7-5-14/h4-7,11,13,18H,2-3,8-10,12H2,1H3. The number of rotatable bonds is 9. The van der Waals surface area contributed by atoms with Crippen molar-refractivity contribution < 1.29 is 4.74 Å². The van der Waals surface area contributed by atoms with E-state index < -0.39 is 0 Å². The smallest absolute Gasteiger partial charge is 0.0659 e. The number of benzene rings is 1. The molecule has 5 heteroatoms. The first-order valence-electron chi connectivity index (χ1n) is 7.23. The molecule has 0 aliphatic rings. The van der Waals surface area contributed by atoms with Gasteiger partial charge in [0.25, 0.3) is 0 Å². The van der Waals surface area contributed by atoms with Crippen LogP contribution in [0, 0.1) is 0 Å². The van der Waals surface area contributed by atoms with Gasteiger partial charge in [-0.25, -0.2) is 0 Å². The minimum Gasteiger partial charge on any atom is -0.383 e. The van der Waals surface area contributed by atoms with Crippen molar-refractivity contribution >= 4 is 15.9 Å². The van der Waals surface area contributed by atoms with Crippen LogP contribution in [0.3, 0.4) is 0 Å². The molecule has 114 valence electrons. The molecule has 21 heavy (non-hydrogen) atoms. The number of nitrogens with zero attached hydrogens (tertiary/aromatic N) is 2. The van der Waals surface area contributed by atoms with E-state index in [0.717, 1.165) is 43.6 Å². The number of methoxy groups -OCH3 is 1. The van der Waals surface area contributed by atoms with E-state index in [1.807, 2.05) is 10.9 Å². The van der Waals surface area contributed by atoms with Crippen LogP contribution in [0.25, 0.3) is 0 Å². The molecule has 0 aliphatic carbocycles. The third-order valence-electron chi connectivity index (χ3n) is 3.25. The molecule has 0 bridgehead atoms. The van der Waals surface area contributed by atoms with Crippen LogP contribution in [0.15, 0.2) is 41.1 Å². The van der Waals surface area contributed by atoms with Crippen LogP contribution in [-0.2, 0) is 17.7 Å². The maximum Gasteiger partial charge on any atom is 0.0659 e. The topological polar surface area (TPSA) is 39.1 Å². The molecular formula is C16H22BrN3O. The first-order chi connectivity index (χ1) is 10.3. The lowest BCUT2D eigenvalue weighted by molar-refractivity contribution is 0.199. The van der Waals surface area contributed by atoms with E-state index in [1.165, 1.54) is 11.1 Å². The molecule has 0 unspecified atom stereocenters. The van der Waals surface area contributed by atoms with E-state index in [1.54, 1.807) is 7.11 Å². The summed E-state index contributed by atoms with van der Waals surface area (Å²) in [5.41, 5.74) is 2.55. The Hall–Kier alpha value is -1.17. The number of hydrogen-bond acceptors (Lipinski definition) is 3. The van der Waals surface area contributed by atoms with Gasteiger partial charge in [-0.05, 0) is 42.6 Å². The molecular weight excluding hydrogens is 330 g/mol. The van der Waals surface area contributed by atoms with Crippen molar-refractivity contribution in [2.75, 3.05) is 26.8 Å². The average molecular weight is 352 g/mol. The molecule has 2 aromatic rings. The Labute approximate surface area is 134 Å². The van der Waals surface area contributed by atoms with Crippen molar-refractivity contribution in [3.05, 3.63) is 52.3 Å². The molecule has 1 aromatic carbocycles. The number of hydrogen-bond donors (Lipinski definition) is 1. The van der Waals surface area contributed by atoms with Gasteiger partial charge in [-0.3, -0.25) is 4.68 Å². The Balaban J connectivity index is 1.72. The van der Waals surface area contributed by atoms with Crippen molar-refractivity contribution in [1.82, 2.24) is 15.1 Å². The molecule has 0 saturated carbocycles. The van der Waals surface area contributed by atoms with Gasteiger partial charge >= 0.3 is 0 Å². The second-order valence-electron chi connectivity index (χ2n) is 5.02. The van der Waals surface area contributed by atoms with Crippen LogP contribution in [0.4, 0.5) is 0 Å². The highest BCUT2D eigenvalue weighted by molar-refractivity contribution is 9.10. The molecule has 0 spiro atoms. The van der Waals surface area contributed by atoms with Crippen molar-refractivity contribution in [2.24, 2.45) is 0 Å². The number of aryl methyl sites for hydroxylation is 1. The van der Waals surface area contributed by atoms with Crippen molar-refractivity contribution in [2.45, 2.75) is 19.4 Å². The zero-order valence-electron chi connectivity index (χ0n) is 12.4. The Bertz CT molecular complexity index is 525. The predicted molar refractivity (Wildman–Crippen MR) is 88.5 cm³/mol. The lowest BCUT2D eigenvalue weighted by atomic mass is 10.2. The Morgan fingerprint density at radius 2 is 2.00 bits per heavy atom. The first kappa shape index (κ1) is 16.2. The number of nitrogens with one attached hydrogen (secondary N) is 1. The maximum absolute atomic E-state index is 5.00. The zero-order valence-corrected chi connectivity index (χ0v) is 14.0. The SMILES string of the molecule is COCCNCCCc1cnn(Cc2ccc(Br)cc2)c1. The summed E-state index contributed by atoms with van der Waals surface area (Å²) in [7, 11) is 1.72. The van der Waals surface area contributed by atoms with E-state index >= 15 is 0 Å². The largest absolute Gasteiger partial charge is 0.383 e.